The van der Waals surface area contributed by atoms with Crippen LogP contribution in [0, 0.1) is 18.8 Å². The van der Waals surface area contributed by atoms with E-state index in [1.54, 1.807) is 0 Å². The lowest BCUT2D eigenvalue weighted by atomic mass is 9.80. The number of hydrogen-bond donors (Lipinski definition) is 0. The molecular formula is C28H42N2O. The molecule has 1 aromatic carbocycles. The van der Waals surface area contributed by atoms with Crippen LogP contribution in [-0.2, 0) is 6.42 Å². The smallest absolute Gasteiger partial charge is 0.316 e. The van der Waals surface area contributed by atoms with E-state index in [2.05, 4.69) is 48.9 Å². The number of nitrogens with zero attached hydrogens (tertiary/aromatic N) is 2. The zero-order chi connectivity index (χ0) is 21.9. The first-order chi connectivity index (χ1) is 15.2. The molecule has 0 spiro atoms. The Labute approximate surface area is 190 Å². The van der Waals surface area contributed by atoms with Crippen LogP contribution in [0.2, 0.25) is 0 Å². The van der Waals surface area contributed by atoms with Gasteiger partial charge in [0.1, 0.15) is 0 Å². The fourth-order valence-electron chi connectivity index (χ4n) is 4.82. The second-order valence-corrected chi connectivity index (χ2v) is 9.55. The Kier molecular flexibility index (Phi) is 9.84. The van der Waals surface area contributed by atoms with Crippen molar-refractivity contribution in [2.45, 2.75) is 97.8 Å². The first-order valence-corrected chi connectivity index (χ1v) is 12.7. The third-order valence-electron chi connectivity index (χ3n) is 6.98. The molecule has 1 heterocycles. The van der Waals surface area contributed by atoms with Crippen LogP contribution in [0.15, 0.2) is 30.6 Å². The summed E-state index contributed by atoms with van der Waals surface area (Å²) in [6, 6.07) is 7.25. The Bertz CT molecular complexity index is 763. The predicted octanol–water partition coefficient (Wildman–Crippen LogP) is 7.95. The van der Waals surface area contributed by atoms with Gasteiger partial charge in [-0.2, -0.15) is 0 Å². The van der Waals surface area contributed by atoms with Crippen LogP contribution in [0.1, 0.15) is 95.6 Å². The van der Waals surface area contributed by atoms with Gasteiger partial charge in [-0.3, -0.25) is 0 Å². The Morgan fingerprint density at radius 2 is 1.52 bits per heavy atom. The lowest BCUT2D eigenvalue weighted by molar-refractivity contribution is 0.169. The minimum Gasteiger partial charge on any atom is -0.463 e. The molecule has 0 amide bonds. The van der Waals surface area contributed by atoms with E-state index in [0.717, 1.165) is 18.1 Å². The van der Waals surface area contributed by atoms with Gasteiger partial charge in [0.15, 0.2) is 0 Å². The number of unbranched alkanes of at least 4 members (excludes halogenated alkanes) is 4. The van der Waals surface area contributed by atoms with Gasteiger partial charge in [0, 0.05) is 18.0 Å². The van der Waals surface area contributed by atoms with Gasteiger partial charge in [0.2, 0.25) is 0 Å². The molecule has 0 radical (unpaired) electrons. The SMILES string of the molecule is CCCCCc1ccc(-c2cnc(OC[C@H]3CC[C@H](CCCCC)CC3)nc2)cc1C. The number of benzene rings is 1. The van der Waals surface area contributed by atoms with Crippen LogP contribution in [-0.4, -0.2) is 16.6 Å². The zero-order valence-corrected chi connectivity index (χ0v) is 20.0. The van der Waals surface area contributed by atoms with Gasteiger partial charge in [-0.25, -0.2) is 9.97 Å². The van der Waals surface area contributed by atoms with Crippen molar-refractivity contribution in [3.8, 4) is 17.1 Å². The van der Waals surface area contributed by atoms with E-state index < -0.39 is 0 Å². The molecule has 1 aromatic heterocycles. The van der Waals surface area contributed by atoms with E-state index in [9.17, 15) is 0 Å². The average molecular weight is 423 g/mol. The summed E-state index contributed by atoms with van der Waals surface area (Å²) < 4.78 is 5.95. The van der Waals surface area contributed by atoms with E-state index in [4.69, 9.17) is 4.74 Å². The molecule has 0 bridgehead atoms. The molecule has 1 aliphatic rings. The second-order valence-electron chi connectivity index (χ2n) is 9.55. The molecule has 1 fully saturated rings. The maximum atomic E-state index is 5.95. The number of aryl methyl sites for hydroxylation is 2. The first-order valence-electron chi connectivity index (χ1n) is 12.7. The van der Waals surface area contributed by atoms with E-state index in [1.807, 2.05) is 12.4 Å². The number of hydrogen-bond acceptors (Lipinski definition) is 3. The molecule has 170 valence electrons. The van der Waals surface area contributed by atoms with Crippen molar-refractivity contribution in [2.24, 2.45) is 11.8 Å². The van der Waals surface area contributed by atoms with Crippen LogP contribution in [0.4, 0.5) is 0 Å². The third-order valence-corrected chi connectivity index (χ3v) is 6.98. The van der Waals surface area contributed by atoms with Crippen molar-refractivity contribution in [3.63, 3.8) is 0 Å². The van der Waals surface area contributed by atoms with Gasteiger partial charge in [-0.1, -0.05) is 83.4 Å². The highest BCUT2D eigenvalue weighted by Crippen LogP contribution is 2.32. The molecule has 0 saturated heterocycles. The molecule has 0 aliphatic heterocycles. The van der Waals surface area contributed by atoms with Crippen molar-refractivity contribution < 1.29 is 4.74 Å². The van der Waals surface area contributed by atoms with E-state index in [1.165, 1.54) is 93.7 Å². The number of aromatic nitrogens is 2. The topological polar surface area (TPSA) is 35.0 Å². The summed E-state index contributed by atoms with van der Waals surface area (Å²) in [5.41, 5.74) is 5.06. The number of rotatable bonds is 12. The molecular weight excluding hydrogens is 380 g/mol. The predicted molar refractivity (Wildman–Crippen MR) is 131 cm³/mol. The van der Waals surface area contributed by atoms with Gasteiger partial charge in [0.05, 0.1) is 6.61 Å². The van der Waals surface area contributed by atoms with Gasteiger partial charge < -0.3 is 4.74 Å². The normalized spacial score (nSPS) is 18.8. The van der Waals surface area contributed by atoms with Crippen LogP contribution in [0.5, 0.6) is 6.01 Å². The monoisotopic (exact) mass is 422 g/mol. The maximum Gasteiger partial charge on any atom is 0.316 e. The number of ether oxygens (including phenoxy) is 1. The molecule has 1 saturated carbocycles. The van der Waals surface area contributed by atoms with Crippen molar-refractivity contribution in [2.75, 3.05) is 6.61 Å². The van der Waals surface area contributed by atoms with Crippen molar-refractivity contribution in [1.29, 1.82) is 0 Å². The standard InChI is InChI=1S/C28H42N2O/c1-4-6-8-10-23-12-14-24(15-13-23)21-31-28-29-19-27(20-30-28)26-17-16-25(22(3)18-26)11-9-7-5-2/h16-20,23-24H,4-15,21H2,1-3H3/t23-,24-. The van der Waals surface area contributed by atoms with Gasteiger partial charge in [0.25, 0.3) is 0 Å². The highest BCUT2D eigenvalue weighted by molar-refractivity contribution is 5.63. The zero-order valence-electron chi connectivity index (χ0n) is 20.0. The van der Waals surface area contributed by atoms with Crippen molar-refractivity contribution in [1.82, 2.24) is 9.97 Å². The largest absolute Gasteiger partial charge is 0.463 e. The molecule has 31 heavy (non-hydrogen) atoms. The molecule has 0 atom stereocenters. The maximum absolute atomic E-state index is 5.95. The van der Waals surface area contributed by atoms with Crippen LogP contribution >= 0.6 is 0 Å². The summed E-state index contributed by atoms with van der Waals surface area (Å²) in [6.45, 7) is 7.51. The Morgan fingerprint density at radius 3 is 2.19 bits per heavy atom. The molecule has 3 nitrogen and oxygen atoms in total. The minimum absolute atomic E-state index is 0.515. The van der Waals surface area contributed by atoms with Gasteiger partial charge in [-0.05, 0) is 61.1 Å². The van der Waals surface area contributed by atoms with Gasteiger partial charge in [-0.15, -0.1) is 0 Å². The molecule has 0 unspecified atom stereocenters. The summed E-state index contributed by atoms with van der Waals surface area (Å²) in [6.07, 6.45) is 19.7. The van der Waals surface area contributed by atoms with Crippen molar-refractivity contribution >= 4 is 0 Å². The lowest BCUT2D eigenvalue weighted by Crippen LogP contribution is -2.20. The highest BCUT2D eigenvalue weighted by atomic mass is 16.5. The molecule has 0 N–H and O–H groups in total. The summed E-state index contributed by atoms with van der Waals surface area (Å²) in [5.74, 6) is 1.61. The van der Waals surface area contributed by atoms with E-state index >= 15 is 0 Å². The van der Waals surface area contributed by atoms with Crippen LogP contribution < -0.4 is 4.74 Å². The second kappa shape index (κ2) is 12.8. The van der Waals surface area contributed by atoms with Crippen LogP contribution in [0.3, 0.4) is 0 Å². The Balaban J connectivity index is 1.45. The van der Waals surface area contributed by atoms with Crippen molar-refractivity contribution in [3.05, 3.63) is 41.7 Å². The molecule has 3 rings (SSSR count). The Hall–Kier alpha value is -1.90. The summed E-state index contributed by atoms with van der Waals surface area (Å²) in [7, 11) is 0. The van der Waals surface area contributed by atoms with Gasteiger partial charge >= 0.3 is 6.01 Å². The van der Waals surface area contributed by atoms with E-state index in [-0.39, 0.29) is 0 Å². The van der Waals surface area contributed by atoms with E-state index in [0.29, 0.717) is 11.9 Å². The molecule has 3 heteroatoms. The third kappa shape index (κ3) is 7.63. The first kappa shape index (κ1) is 23.8. The highest BCUT2D eigenvalue weighted by Gasteiger charge is 2.21. The fourth-order valence-corrected chi connectivity index (χ4v) is 4.82. The average Bonchev–Trinajstić information content (AvgIpc) is 2.80. The lowest BCUT2D eigenvalue weighted by Gasteiger charge is -2.28. The van der Waals surface area contributed by atoms with Crippen LogP contribution in [0.25, 0.3) is 11.1 Å². The quantitative estimate of drug-likeness (QED) is 0.325. The molecule has 1 aliphatic carbocycles. The minimum atomic E-state index is 0.515. The Morgan fingerprint density at radius 1 is 0.839 bits per heavy atom. The fraction of sp³-hybridized carbons (Fsp3) is 0.643. The molecule has 2 aromatic rings. The summed E-state index contributed by atoms with van der Waals surface area (Å²) in [4.78, 5) is 8.97. The summed E-state index contributed by atoms with van der Waals surface area (Å²) in [5, 5.41) is 0. The summed E-state index contributed by atoms with van der Waals surface area (Å²) >= 11 is 0.